The van der Waals surface area contributed by atoms with Crippen LogP contribution < -0.4 is 0 Å². The summed E-state index contributed by atoms with van der Waals surface area (Å²) in [7, 11) is -1.86. The topological polar surface area (TPSA) is 70.2 Å². The normalized spacial score (nSPS) is 19.1. The Kier molecular flexibility index (Phi) is 7.09. The molecule has 0 aliphatic carbocycles. The molecule has 28 heavy (non-hydrogen) atoms. The predicted molar refractivity (Wildman–Crippen MR) is 108 cm³/mol. The molecule has 2 aliphatic heterocycles. The SMILES string of the molecule is CCc1ccc(C(=O)N(C)CCN2CCCC2)cc1S(=O)(=O)N1CCOCC1. The van der Waals surface area contributed by atoms with Crippen LogP contribution in [0.3, 0.4) is 0 Å². The van der Waals surface area contributed by atoms with E-state index < -0.39 is 10.0 Å². The van der Waals surface area contributed by atoms with Gasteiger partial charge in [-0.15, -0.1) is 0 Å². The summed E-state index contributed by atoms with van der Waals surface area (Å²) in [5, 5.41) is 0. The van der Waals surface area contributed by atoms with Crippen molar-refractivity contribution in [2.75, 3.05) is 59.5 Å². The highest BCUT2D eigenvalue weighted by atomic mass is 32.2. The number of hydrogen-bond acceptors (Lipinski definition) is 5. The van der Waals surface area contributed by atoms with E-state index in [1.54, 1.807) is 30.1 Å². The van der Waals surface area contributed by atoms with Gasteiger partial charge in [0.1, 0.15) is 0 Å². The van der Waals surface area contributed by atoms with Crippen molar-refractivity contribution in [1.82, 2.24) is 14.1 Å². The average molecular weight is 410 g/mol. The molecule has 0 aromatic heterocycles. The van der Waals surface area contributed by atoms with Crippen molar-refractivity contribution >= 4 is 15.9 Å². The molecule has 1 amide bonds. The molecule has 3 rings (SSSR count). The highest BCUT2D eigenvalue weighted by Crippen LogP contribution is 2.24. The van der Waals surface area contributed by atoms with Crippen molar-refractivity contribution in [2.45, 2.75) is 31.1 Å². The van der Waals surface area contributed by atoms with Gasteiger partial charge in [-0.2, -0.15) is 4.31 Å². The standard InChI is InChI=1S/C20H31N3O4S/c1-3-17-6-7-18(20(24)21(2)10-11-22-8-4-5-9-22)16-19(17)28(25,26)23-12-14-27-15-13-23/h6-7,16H,3-5,8-15H2,1-2H3. The van der Waals surface area contributed by atoms with Crippen LogP contribution in [-0.4, -0.2) is 88.0 Å². The van der Waals surface area contributed by atoms with Crippen molar-refractivity contribution in [3.63, 3.8) is 0 Å². The lowest BCUT2D eigenvalue weighted by molar-refractivity contribution is 0.0729. The van der Waals surface area contributed by atoms with Crippen LogP contribution in [0.4, 0.5) is 0 Å². The molecule has 0 spiro atoms. The van der Waals surface area contributed by atoms with Crippen LogP contribution in [0.25, 0.3) is 0 Å². The summed E-state index contributed by atoms with van der Waals surface area (Å²) < 4.78 is 33.0. The van der Waals surface area contributed by atoms with Gasteiger partial charge in [0.15, 0.2) is 0 Å². The van der Waals surface area contributed by atoms with Gasteiger partial charge in [-0.05, 0) is 50.0 Å². The lowest BCUT2D eigenvalue weighted by Gasteiger charge is -2.27. The maximum absolute atomic E-state index is 13.2. The lowest BCUT2D eigenvalue weighted by Crippen LogP contribution is -2.41. The molecule has 1 aromatic carbocycles. The summed E-state index contributed by atoms with van der Waals surface area (Å²) in [6, 6.07) is 5.07. The van der Waals surface area contributed by atoms with Crippen molar-refractivity contribution in [3.05, 3.63) is 29.3 Å². The molecule has 2 heterocycles. The first kappa shape index (κ1) is 21.2. The van der Waals surface area contributed by atoms with Crippen LogP contribution in [0.15, 0.2) is 23.1 Å². The number of ether oxygens (including phenoxy) is 1. The van der Waals surface area contributed by atoms with Crippen LogP contribution >= 0.6 is 0 Å². The zero-order valence-corrected chi connectivity index (χ0v) is 17.7. The Hall–Kier alpha value is -1.48. The van der Waals surface area contributed by atoms with Crippen molar-refractivity contribution < 1.29 is 17.9 Å². The van der Waals surface area contributed by atoms with Gasteiger partial charge in [0, 0.05) is 38.8 Å². The molecule has 0 N–H and O–H groups in total. The molecule has 2 saturated heterocycles. The van der Waals surface area contributed by atoms with Crippen molar-refractivity contribution in [1.29, 1.82) is 0 Å². The number of nitrogens with zero attached hydrogens (tertiary/aromatic N) is 3. The molecule has 156 valence electrons. The summed E-state index contributed by atoms with van der Waals surface area (Å²) in [4.78, 5) is 17.2. The first-order chi connectivity index (χ1) is 13.4. The van der Waals surface area contributed by atoms with E-state index in [-0.39, 0.29) is 10.8 Å². The summed E-state index contributed by atoms with van der Waals surface area (Å²) >= 11 is 0. The second-order valence-corrected chi connectivity index (χ2v) is 9.37. The minimum Gasteiger partial charge on any atom is -0.379 e. The molecule has 0 radical (unpaired) electrons. The Morgan fingerprint density at radius 1 is 1.14 bits per heavy atom. The molecule has 2 aliphatic rings. The van der Waals surface area contributed by atoms with Gasteiger partial charge >= 0.3 is 0 Å². The minimum atomic E-state index is -3.64. The fraction of sp³-hybridized carbons (Fsp3) is 0.650. The molecule has 2 fully saturated rings. The maximum Gasteiger partial charge on any atom is 0.253 e. The minimum absolute atomic E-state index is 0.139. The molecule has 0 unspecified atom stereocenters. The molecule has 1 aromatic rings. The third-order valence-corrected chi connectivity index (χ3v) is 7.56. The Balaban J connectivity index is 1.78. The second kappa shape index (κ2) is 9.35. The quantitative estimate of drug-likeness (QED) is 0.682. The van der Waals surface area contributed by atoms with Gasteiger partial charge in [-0.3, -0.25) is 4.79 Å². The fourth-order valence-corrected chi connectivity index (χ4v) is 5.49. The number of hydrogen-bond donors (Lipinski definition) is 0. The monoisotopic (exact) mass is 409 g/mol. The van der Waals surface area contributed by atoms with Crippen LogP contribution in [0, 0.1) is 0 Å². The Labute approximate surface area is 168 Å². The third kappa shape index (κ3) is 4.74. The predicted octanol–water partition coefficient (Wildman–Crippen LogP) is 1.44. The molecular formula is C20H31N3O4S. The van der Waals surface area contributed by atoms with Crippen LogP contribution in [0.2, 0.25) is 0 Å². The largest absolute Gasteiger partial charge is 0.379 e. The number of rotatable bonds is 7. The van der Waals surface area contributed by atoms with E-state index in [2.05, 4.69) is 4.90 Å². The number of carbonyl (C=O) groups is 1. The number of sulfonamides is 1. The molecule has 0 bridgehead atoms. The van der Waals surface area contributed by atoms with Gasteiger partial charge in [-0.25, -0.2) is 8.42 Å². The fourth-order valence-electron chi connectivity index (χ4n) is 3.77. The van der Waals surface area contributed by atoms with E-state index in [1.165, 1.54) is 17.1 Å². The second-order valence-electron chi connectivity index (χ2n) is 7.47. The number of likely N-dealkylation sites (N-methyl/N-ethyl adjacent to an activating group) is 1. The van der Waals surface area contributed by atoms with Gasteiger partial charge in [0.05, 0.1) is 18.1 Å². The van der Waals surface area contributed by atoms with Crippen LogP contribution in [0.5, 0.6) is 0 Å². The van der Waals surface area contributed by atoms with E-state index in [4.69, 9.17) is 4.74 Å². The van der Waals surface area contributed by atoms with E-state index >= 15 is 0 Å². The zero-order valence-electron chi connectivity index (χ0n) is 16.9. The Morgan fingerprint density at radius 2 is 1.82 bits per heavy atom. The van der Waals surface area contributed by atoms with Gasteiger partial charge in [0.25, 0.3) is 5.91 Å². The maximum atomic E-state index is 13.2. The highest BCUT2D eigenvalue weighted by Gasteiger charge is 2.29. The number of benzene rings is 1. The van der Waals surface area contributed by atoms with Crippen LogP contribution in [-0.2, 0) is 21.2 Å². The van der Waals surface area contributed by atoms with E-state index in [0.29, 0.717) is 44.8 Å². The number of likely N-dealkylation sites (tertiary alicyclic amines) is 1. The first-order valence-electron chi connectivity index (χ1n) is 10.1. The van der Waals surface area contributed by atoms with Crippen molar-refractivity contribution in [3.8, 4) is 0 Å². The molecule has 8 heteroatoms. The highest BCUT2D eigenvalue weighted by molar-refractivity contribution is 7.89. The third-order valence-electron chi connectivity index (χ3n) is 5.58. The van der Waals surface area contributed by atoms with E-state index in [1.807, 2.05) is 6.92 Å². The number of carbonyl (C=O) groups excluding carboxylic acids is 1. The first-order valence-corrected chi connectivity index (χ1v) is 11.6. The summed E-state index contributed by atoms with van der Waals surface area (Å²) in [5.41, 5.74) is 1.16. The Bertz CT molecular complexity index is 785. The average Bonchev–Trinajstić information content (AvgIpc) is 3.25. The number of amides is 1. The smallest absolute Gasteiger partial charge is 0.253 e. The summed E-state index contributed by atoms with van der Waals surface area (Å²) in [6.07, 6.45) is 3.04. The van der Waals surface area contributed by atoms with Gasteiger partial charge in [0.2, 0.25) is 10.0 Å². The van der Waals surface area contributed by atoms with Gasteiger partial charge in [-0.1, -0.05) is 13.0 Å². The molecule has 7 nitrogen and oxygen atoms in total. The number of morpholine rings is 1. The van der Waals surface area contributed by atoms with E-state index in [0.717, 1.165) is 25.2 Å². The van der Waals surface area contributed by atoms with Crippen LogP contribution in [0.1, 0.15) is 35.7 Å². The lowest BCUT2D eigenvalue weighted by atomic mass is 10.1. The molecule has 0 saturated carbocycles. The Morgan fingerprint density at radius 3 is 2.46 bits per heavy atom. The van der Waals surface area contributed by atoms with Crippen molar-refractivity contribution in [2.24, 2.45) is 0 Å². The van der Waals surface area contributed by atoms with E-state index in [9.17, 15) is 13.2 Å². The zero-order chi connectivity index (χ0) is 20.1. The summed E-state index contributed by atoms with van der Waals surface area (Å²) in [5.74, 6) is -0.139. The van der Waals surface area contributed by atoms with Gasteiger partial charge < -0.3 is 14.5 Å². The summed E-state index contributed by atoms with van der Waals surface area (Å²) in [6.45, 7) is 7.10. The number of aryl methyl sites for hydroxylation is 1. The molecular weight excluding hydrogens is 378 g/mol. The molecule has 0 atom stereocenters.